The van der Waals surface area contributed by atoms with Gasteiger partial charge in [0, 0.05) is 12.8 Å². The summed E-state index contributed by atoms with van der Waals surface area (Å²) in [6.45, 7) is 4.02. The van der Waals surface area contributed by atoms with Crippen molar-refractivity contribution in [3.63, 3.8) is 0 Å². The molecule has 0 unspecified atom stereocenters. The highest BCUT2D eigenvalue weighted by atomic mass is 16.3. The maximum absolute atomic E-state index is 12.8. The van der Waals surface area contributed by atoms with Gasteiger partial charge in [-0.15, -0.1) is 5.10 Å². The van der Waals surface area contributed by atoms with Gasteiger partial charge < -0.3 is 5.11 Å². The zero-order valence-corrected chi connectivity index (χ0v) is 15.7. The first-order valence-corrected chi connectivity index (χ1v) is 9.19. The standard InChI is InChI=1S/C18H29N5O2/c1-18(2)10-13(24)15(14(25)11-18)16(22(3)4)17-19-20-21-23(17)12-8-6-5-7-9-12/h12,16,24H,5-11H2,1-4H3/t16-/m0/s1. The molecule has 1 aromatic heterocycles. The molecule has 25 heavy (non-hydrogen) atoms. The Balaban J connectivity index is 2.01. The normalized spacial score (nSPS) is 23.3. The Labute approximate surface area is 149 Å². The number of tetrazole rings is 1. The molecule has 1 heterocycles. The first-order chi connectivity index (χ1) is 11.8. The number of aromatic nitrogens is 4. The number of rotatable bonds is 4. The Hall–Kier alpha value is -1.76. The van der Waals surface area contributed by atoms with Gasteiger partial charge in [0.1, 0.15) is 11.8 Å². The molecule has 1 aromatic rings. The van der Waals surface area contributed by atoms with Gasteiger partial charge in [-0.25, -0.2) is 4.68 Å². The molecule has 3 rings (SSSR count). The van der Waals surface area contributed by atoms with E-state index in [1.165, 1.54) is 19.3 Å². The maximum atomic E-state index is 12.8. The number of nitrogens with zero attached hydrogens (tertiary/aromatic N) is 5. The van der Waals surface area contributed by atoms with Gasteiger partial charge in [-0.3, -0.25) is 9.69 Å². The second kappa shape index (κ2) is 6.86. The van der Waals surface area contributed by atoms with Crippen molar-refractivity contribution >= 4 is 5.78 Å². The maximum Gasteiger partial charge on any atom is 0.173 e. The predicted octanol–water partition coefficient (Wildman–Crippen LogP) is 2.98. The van der Waals surface area contributed by atoms with Crippen LogP contribution >= 0.6 is 0 Å². The molecule has 0 bridgehead atoms. The molecule has 0 saturated heterocycles. The summed E-state index contributed by atoms with van der Waals surface area (Å²) in [5, 5.41) is 23.0. The lowest BCUT2D eigenvalue weighted by Crippen LogP contribution is -2.35. The number of ketones is 1. The van der Waals surface area contributed by atoms with Crippen LogP contribution < -0.4 is 0 Å². The molecule has 1 atom stereocenters. The van der Waals surface area contributed by atoms with Gasteiger partial charge in [0.25, 0.3) is 0 Å². The largest absolute Gasteiger partial charge is 0.512 e. The minimum atomic E-state index is -0.416. The molecule has 138 valence electrons. The number of carbonyl (C=O) groups excluding carboxylic acids is 1. The minimum absolute atomic E-state index is 0.00866. The lowest BCUT2D eigenvalue weighted by molar-refractivity contribution is -0.119. The Morgan fingerprint density at radius 1 is 1.20 bits per heavy atom. The smallest absolute Gasteiger partial charge is 0.173 e. The minimum Gasteiger partial charge on any atom is -0.512 e. The van der Waals surface area contributed by atoms with Crippen LogP contribution in [0.1, 0.15) is 76.7 Å². The number of aliphatic hydroxyl groups excluding tert-OH is 1. The third-order valence-electron chi connectivity index (χ3n) is 5.37. The van der Waals surface area contributed by atoms with E-state index in [1.54, 1.807) is 0 Å². The first kappa shape index (κ1) is 18.0. The third kappa shape index (κ3) is 3.61. The highest BCUT2D eigenvalue weighted by molar-refractivity contribution is 5.98. The Kier molecular flexibility index (Phi) is 4.95. The van der Waals surface area contributed by atoms with Crippen LogP contribution in [0.25, 0.3) is 0 Å². The van der Waals surface area contributed by atoms with E-state index in [9.17, 15) is 9.90 Å². The van der Waals surface area contributed by atoms with E-state index in [1.807, 2.05) is 37.5 Å². The molecule has 0 radical (unpaired) electrons. The molecule has 0 amide bonds. The molecule has 1 N–H and O–H groups in total. The van der Waals surface area contributed by atoms with E-state index in [0.717, 1.165) is 12.8 Å². The quantitative estimate of drug-likeness (QED) is 0.901. The summed E-state index contributed by atoms with van der Waals surface area (Å²) in [5.74, 6) is 0.829. The molecular formula is C18H29N5O2. The second-order valence-corrected chi connectivity index (χ2v) is 8.44. The summed E-state index contributed by atoms with van der Waals surface area (Å²) < 4.78 is 1.89. The molecule has 7 nitrogen and oxygen atoms in total. The fourth-order valence-electron chi connectivity index (χ4n) is 4.20. The van der Waals surface area contributed by atoms with Gasteiger partial charge in [0.2, 0.25) is 0 Å². The summed E-state index contributed by atoms with van der Waals surface area (Å²) in [5.41, 5.74) is 0.243. The van der Waals surface area contributed by atoms with Crippen molar-refractivity contribution in [3.05, 3.63) is 17.2 Å². The Morgan fingerprint density at radius 3 is 2.48 bits per heavy atom. The van der Waals surface area contributed by atoms with Crippen LogP contribution in [0.15, 0.2) is 11.3 Å². The van der Waals surface area contributed by atoms with Crippen LogP contribution in [0, 0.1) is 5.41 Å². The number of allylic oxidation sites excluding steroid dienone is 1. The van der Waals surface area contributed by atoms with Gasteiger partial charge in [-0.1, -0.05) is 33.1 Å². The zero-order chi connectivity index (χ0) is 18.2. The molecule has 0 aliphatic heterocycles. The average Bonchev–Trinajstić information content (AvgIpc) is 2.99. The fourth-order valence-corrected chi connectivity index (χ4v) is 4.20. The summed E-state index contributed by atoms with van der Waals surface area (Å²) in [6.07, 6.45) is 6.67. The van der Waals surface area contributed by atoms with E-state index in [4.69, 9.17) is 0 Å². The summed E-state index contributed by atoms with van der Waals surface area (Å²) in [4.78, 5) is 14.8. The summed E-state index contributed by atoms with van der Waals surface area (Å²) >= 11 is 0. The van der Waals surface area contributed by atoms with Crippen molar-refractivity contribution < 1.29 is 9.90 Å². The molecular weight excluding hydrogens is 318 g/mol. The lowest BCUT2D eigenvalue weighted by Gasteiger charge is -2.35. The van der Waals surface area contributed by atoms with Crippen molar-refractivity contribution in [2.75, 3.05) is 14.1 Å². The van der Waals surface area contributed by atoms with E-state index in [0.29, 0.717) is 24.2 Å². The topological polar surface area (TPSA) is 84.1 Å². The van der Waals surface area contributed by atoms with Gasteiger partial charge in [0.15, 0.2) is 11.6 Å². The first-order valence-electron chi connectivity index (χ1n) is 9.19. The number of carbonyl (C=O) groups is 1. The van der Waals surface area contributed by atoms with Crippen molar-refractivity contribution in [1.82, 2.24) is 25.1 Å². The lowest BCUT2D eigenvalue weighted by atomic mass is 9.74. The molecule has 7 heteroatoms. The van der Waals surface area contributed by atoms with E-state index in [-0.39, 0.29) is 23.0 Å². The van der Waals surface area contributed by atoms with Crippen LogP contribution in [0.4, 0.5) is 0 Å². The van der Waals surface area contributed by atoms with E-state index < -0.39 is 6.04 Å². The zero-order valence-electron chi connectivity index (χ0n) is 15.7. The Bertz CT molecular complexity index is 671. The Morgan fingerprint density at radius 2 is 1.88 bits per heavy atom. The SMILES string of the molecule is CN(C)[C@@H](C1=C(O)CC(C)(C)CC1=O)c1nnnn1C1CCCCC1. The van der Waals surface area contributed by atoms with E-state index in [2.05, 4.69) is 15.5 Å². The van der Waals surface area contributed by atoms with Crippen LogP contribution in [0.5, 0.6) is 0 Å². The van der Waals surface area contributed by atoms with Gasteiger partial charge in [-0.05, 0) is 42.8 Å². The molecule has 0 aromatic carbocycles. The second-order valence-electron chi connectivity index (χ2n) is 8.44. The molecule has 0 spiro atoms. The number of hydrogen-bond donors (Lipinski definition) is 1. The fraction of sp³-hybridized carbons (Fsp3) is 0.778. The van der Waals surface area contributed by atoms with Gasteiger partial charge >= 0.3 is 0 Å². The molecule has 1 fully saturated rings. The predicted molar refractivity (Wildman–Crippen MR) is 94.0 cm³/mol. The third-order valence-corrected chi connectivity index (χ3v) is 5.37. The van der Waals surface area contributed by atoms with Crippen LogP contribution in [-0.2, 0) is 4.79 Å². The number of Topliss-reactive ketones (excluding diaryl/α,β-unsaturated/α-hetero) is 1. The number of likely N-dealkylation sites (N-methyl/N-ethyl adjacent to an activating group) is 1. The highest BCUT2D eigenvalue weighted by Crippen LogP contribution is 2.41. The van der Waals surface area contributed by atoms with Crippen molar-refractivity contribution in [1.29, 1.82) is 0 Å². The molecule has 2 aliphatic carbocycles. The number of aliphatic hydroxyl groups is 1. The average molecular weight is 347 g/mol. The van der Waals surface area contributed by atoms with Crippen LogP contribution in [-0.4, -0.2) is 50.1 Å². The van der Waals surface area contributed by atoms with Crippen molar-refractivity contribution in [3.8, 4) is 0 Å². The highest BCUT2D eigenvalue weighted by Gasteiger charge is 2.40. The summed E-state index contributed by atoms with van der Waals surface area (Å²) in [6, 6.07) is -0.139. The van der Waals surface area contributed by atoms with Crippen LogP contribution in [0.3, 0.4) is 0 Å². The van der Waals surface area contributed by atoms with Crippen molar-refractivity contribution in [2.24, 2.45) is 5.41 Å². The molecule has 1 saturated carbocycles. The van der Waals surface area contributed by atoms with Crippen molar-refractivity contribution in [2.45, 2.75) is 70.9 Å². The van der Waals surface area contributed by atoms with Gasteiger partial charge in [0.05, 0.1) is 11.6 Å². The van der Waals surface area contributed by atoms with Gasteiger partial charge in [-0.2, -0.15) is 0 Å². The molecule has 2 aliphatic rings. The number of hydrogen-bond acceptors (Lipinski definition) is 6. The monoisotopic (exact) mass is 347 g/mol. The van der Waals surface area contributed by atoms with Crippen LogP contribution in [0.2, 0.25) is 0 Å². The van der Waals surface area contributed by atoms with E-state index >= 15 is 0 Å². The summed E-state index contributed by atoms with van der Waals surface area (Å²) in [7, 11) is 3.80.